The van der Waals surface area contributed by atoms with Crippen LogP contribution in [-0.2, 0) is 0 Å². The van der Waals surface area contributed by atoms with Crippen LogP contribution in [-0.4, -0.2) is 33.6 Å². The van der Waals surface area contributed by atoms with Gasteiger partial charge in [-0.05, 0) is 30.7 Å². The van der Waals surface area contributed by atoms with E-state index < -0.39 is 34.4 Å². The van der Waals surface area contributed by atoms with Gasteiger partial charge in [-0.15, -0.1) is 12.4 Å². The quantitative estimate of drug-likeness (QED) is 0.607. The molecule has 154 valence electrons. The normalized spacial score (nSPS) is 16.3. The molecule has 0 radical (unpaired) electrons. The van der Waals surface area contributed by atoms with Gasteiger partial charge in [-0.1, -0.05) is 4.73 Å². The summed E-state index contributed by atoms with van der Waals surface area (Å²) >= 11 is 0. The Kier molecular flexibility index (Phi) is 5.33. The third kappa shape index (κ3) is 3.34. The van der Waals surface area contributed by atoms with Crippen molar-refractivity contribution in [1.82, 2.24) is 9.30 Å². The van der Waals surface area contributed by atoms with Crippen LogP contribution in [0.3, 0.4) is 0 Å². The maximum atomic E-state index is 14.7. The van der Waals surface area contributed by atoms with Crippen LogP contribution in [0, 0.1) is 17.5 Å². The van der Waals surface area contributed by atoms with Gasteiger partial charge in [0.15, 0.2) is 0 Å². The van der Waals surface area contributed by atoms with Crippen LogP contribution < -0.4 is 21.9 Å². The van der Waals surface area contributed by atoms with Crippen LogP contribution >= 0.6 is 12.4 Å². The van der Waals surface area contributed by atoms with E-state index in [2.05, 4.69) is 0 Å². The summed E-state index contributed by atoms with van der Waals surface area (Å²) in [5.74, 6) is -2.70. The first-order chi connectivity index (χ1) is 13.3. The lowest BCUT2D eigenvalue weighted by molar-refractivity contribution is 0.160. The second-order valence-corrected chi connectivity index (χ2v) is 6.65. The largest absolute Gasteiger partial charge is 0.421 e. The number of aromatic nitrogens is 2. The smallest absolute Gasteiger partial charge is 0.369 e. The van der Waals surface area contributed by atoms with Crippen LogP contribution in [0.15, 0.2) is 39.9 Å². The molecule has 1 atom stereocenters. The maximum absolute atomic E-state index is 14.7. The monoisotopic (exact) mass is 428 g/mol. The second kappa shape index (κ2) is 7.45. The highest BCUT2D eigenvalue weighted by atomic mass is 35.5. The number of anilines is 1. The summed E-state index contributed by atoms with van der Waals surface area (Å²) in [7, 11) is 0. The fraction of sp³-hybridized carbons (Fsp3) is 0.222. The Balaban J connectivity index is 0.00000240. The molecule has 0 saturated carbocycles. The molecule has 2 heterocycles. The Morgan fingerprint density at radius 3 is 2.34 bits per heavy atom. The van der Waals surface area contributed by atoms with Crippen LogP contribution in [0.4, 0.5) is 18.9 Å². The maximum Gasteiger partial charge on any atom is 0.369 e. The zero-order chi connectivity index (χ0) is 20.2. The molecular formula is C18H16ClF3N4O3. The molecule has 11 heteroatoms. The van der Waals surface area contributed by atoms with Gasteiger partial charge in [0, 0.05) is 25.2 Å². The van der Waals surface area contributed by atoms with Crippen LogP contribution in [0.25, 0.3) is 16.6 Å². The average molecular weight is 429 g/mol. The summed E-state index contributed by atoms with van der Waals surface area (Å²) in [6.45, 7) is 0.838. The Morgan fingerprint density at radius 2 is 1.72 bits per heavy atom. The Bertz CT molecular complexity index is 1230. The summed E-state index contributed by atoms with van der Waals surface area (Å²) in [4.78, 5) is 26.4. The highest BCUT2D eigenvalue weighted by molar-refractivity contribution is 5.85. The van der Waals surface area contributed by atoms with E-state index in [0.717, 1.165) is 18.2 Å². The van der Waals surface area contributed by atoms with E-state index in [9.17, 15) is 28.0 Å². The van der Waals surface area contributed by atoms with Crippen LogP contribution in [0.2, 0.25) is 0 Å². The number of benzene rings is 2. The highest BCUT2D eigenvalue weighted by Crippen LogP contribution is 2.28. The molecule has 4 rings (SSSR count). The summed E-state index contributed by atoms with van der Waals surface area (Å²) in [5.41, 5.74) is 3.01. The fourth-order valence-corrected chi connectivity index (χ4v) is 3.45. The molecule has 7 nitrogen and oxygen atoms in total. The van der Waals surface area contributed by atoms with Gasteiger partial charge >= 0.3 is 5.69 Å². The number of halogens is 4. The van der Waals surface area contributed by atoms with Gasteiger partial charge in [0.2, 0.25) is 0 Å². The van der Waals surface area contributed by atoms with Crippen molar-refractivity contribution in [2.75, 3.05) is 18.0 Å². The van der Waals surface area contributed by atoms with E-state index in [1.54, 1.807) is 4.90 Å². The molecular weight excluding hydrogens is 413 g/mol. The van der Waals surface area contributed by atoms with Gasteiger partial charge in [0.1, 0.15) is 17.5 Å². The van der Waals surface area contributed by atoms with Crippen LogP contribution in [0.1, 0.15) is 6.42 Å². The molecule has 0 amide bonds. The van der Waals surface area contributed by atoms with E-state index in [0.29, 0.717) is 30.1 Å². The molecule has 0 bridgehead atoms. The van der Waals surface area contributed by atoms with Gasteiger partial charge in [0.25, 0.3) is 5.56 Å². The van der Waals surface area contributed by atoms with Crippen molar-refractivity contribution in [3.63, 3.8) is 0 Å². The average Bonchev–Trinajstić information content (AvgIpc) is 3.08. The van der Waals surface area contributed by atoms with Gasteiger partial charge in [-0.3, -0.25) is 9.36 Å². The topological polar surface area (TPSA) is 93.5 Å². The molecule has 1 unspecified atom stereocenters. The molecule has 1 saturated heterocycles. The van der Waals surface area contributed by atoms with Crippen molar-refractivity contribution in [3.8, 4) is 5.69 Å². The van der Waals surface area contributed by atoms with E-state index in [-0.39, 0.29) is 39.8 Å². The van der Waals surface area contributed by atoms with Gasteiger partial charge in [-0.2, -0.15) is 0 Å². The number of rotatable bonds is 2. The zero-order valence-corrected chi connectivity index (χ0v) is 15.6. The number of nitrogens with two attached hydrogens (primary N) is 1. The van der Waals surface area contributed by atoms with E-state index in [1.165, 1.54) is 6.07 Å². The predicted molar refractivity (Wildman–Crippen MR) is 103 cm³/mol. The third-order valence-electron chi connectivity index (χ3n) is 4.82. The molecule has 0 aliphatic carbocycles. The minimum atomic E-state index is -1.27. The van der Waals surface area contributed by atoms with Gasteiger partial charge in [-0.25, -0.2) is 18.0 Å². The Hall–Kier alpha value is -2.98. The van der Waals surface area contributed by atoms with Crippen molar-refractivity contribution in [1.29, 1.82) is 0 Å². The zero-order valence-electron chi connectivity index (χ0n) is 14.8. The molecule has 3 aromatic rings. The van der Waals surface area contributed by atoms with Crippen molar-refractivity contribution in [2.24, 2.45) is 5.73 Å². The van der Waals surface area contributed by atoms with E-state index in [1.807, 2.05) is 0 Å². The molecule has 1 aliphatic heterocycles. The van der Waals surface area contributed by atoms with Gasteiger partial charge in [0.05, 0.1) is 22.3 Å². The minimum absolute atomic E-state index is 0. The van der Waals surface area contributed by atoms with Crippen molar-refractivity contribution in [3.05, 3.63) is 68.6 Å². The third-order valence-corrected chi connectivity index (χ3v) is 4.82. The summed E-state index contributed by atoms with van der Waals surface area (Å²) in [6, 6.07) is 4.43. The van der Waals surface area contributed by atoms with E-state index >= 15 is 0 Å². The summed E-state index contributed by atoms with van der Waals surface area (Å²) < 4.78 is 42.7. The first kappa shape index (κ1) is 20.7. The Labute approximate surface area is 167 Å². The van der Waals surface area contributed by atoms with Crippen LogP contribution in [0.5, 0.6) is 0 Å². The lowest BCUT2D eigenvalue weighted by atomic mass is 10.1. The molecule has 1 aliphatic rings. The number of nitrogens with zero attached hydrogens (tertiary/aromatic N) is 3. The Morgan fingerprint density at radius 1 is 1.03 bits per heavy atom. The highest BCUT2D eigenvalue weighted by Gasteiger charge is 2.25. The summed E-state index contributed by atoms with van der Waals surface area (Å²) in [5, 5.41) is 9.49. The molecule has 1 aromatic heterocycles. The molecule has 0 spiro atoms. The van der Waals surface area contributed by atoms with Crippen molar-refractivity contribution >= 4 is 29.0 Å². The number of fused-ring (bicyclic) bond motifs is 1. The number of hydrogen-bond acceptors (Lipinski definition) is 5. The predicted octanol–water partition coefficient (Wildman–Crippen LogP) is 1.77. The standard InChI is InChI=1S/C18H15F3N4O3.ClH/c19-9-1-2-14(12(20)5-9)24-15-7-16(23-4-3-10(22)8-23)13(21)6-11(15)17(26)25(28)18(24)27;/h1-2,5-7,10,28H,3-4,8,22H2;1H. The van der Waals surface area contributed by atoms with Gasteiger partial charge < -0.3 is 15.8 Å². The first-order valence-electron chi connectivity index (χ1n) is 8.44. The SMILES string of the molecule is Cl.NC1CCN(c2cc3c(cc2F)c(=O)n(O)c(=O)n3-c2ccc(F)cc2F)C1. The first-order valence-corrected chi connectivity index (χ1v) is 8.44. The summed E-state index contributed by atoms with van der Waals surface area (Å²) in [6.07, 6.45) is 0.634. The fourth-order valence-electron chi connectivity index (χ4n) is 3.45. The molecule has 3 N–H and O–H groups in total. The van der Waals surface area contributed by atoms with E-state index in [4.69, 9.17) is 5.73 Å². The lowest BCUT2D eigenvalue weighted by Crippen LogP contribution is -2.38. The second-order valence-electron chi connectivity index (χ2n) is 6.65. The molecule has 1 fully saturated rings. The molecule has 29 heavy (non-hydrogen) atoms. The number of hydrogen-bond donors (Lipinski definition) is 2. The van der Waals surface area contributed by atoms with Crippen molar-refractivity contribution < 1.29 is 18.4 Å². The molecule has 2 aromatic carbocycles. The minimum Gasteiger partial charge on any atom is -0.421 e. The lowest BCUT2D eigenvalue weighted by Gasteiger charge is -2.20. The van der Waals surface area contributed by atoms with Crippen molar-refractivity contribution in [2.45, 2.75) is 12.5 Å².